The number of rotatable bonds is 2. The molecule has 0 unspecified atom stereocenters. The highest BCUT2D eigenvalue weighted by atomic mass is 16.4. The number of pyridine rings is 1. The standard InChI is InChI=1S/C17H13N3O3.C3H8/c21-16-9-14-15-8-13(11-4-2-1-3-5-11)18-20(15)7-6-19(14)10-12(16)17(22)23;1-3-2/h1-5,8-10H,6-7H2,(H,22,23);3H2,1-2H3. The Morgan fingerprint density at radius 2 is 1.81 bits per heavy atom. The molecule has 3 aromatic rings. The lowest BCUT2D eigenvalue weighted by Gasteiger charge is -2.20. The van der Waals surface area contributed by atoms with Crippen molar-refractivity contribution in [2.75, 3.05) is 0 Å². The van der Waals surface area contributed by atoms with E-state index in [4.69, 9.17) is 5.11 Å². The summed E-state index contributed by atoms with van der Waals surface area (Å²) in [6.07, 6.45) is 2.67. The Kier molecular flexibility index (Phi) is 5.02. The number of benzene rings is 1. The molecule has 3 heterocycles. The van der Waals surface area contributed by atoms with Crippen LogP contribution in [0, 0.1) is 0 Å². The lowest BCUT2D eigenvalue weighted by atomic mass is 10.1. The van der Waals surface area contributed by atoms with E-state index < -0.39 is 11.4 Å². The first-order valence-electron chi connectivity index (χ1n) is 8.66. The largest absolute Gasteiger partial charge is 0.477 e. The summed E-state index contributed by atoms with van der Waals surface area (Å²) >= 11 is 0. The summed E-state index contributed by atoms with van der Waals surface area (Å²) in [4.78, 5) is 23.1. The van der Waals surface area contributed by atoms with Crippen LogP contribution in [0.5, 0.6) is 0 Å². The first-order chi connectivity index (χ1) is 12.5. The number of aromatic nitrogens is 3. The molecule has 0 radical (unpaired) electrons. The van der Waals surface area contributed by atoms with Crippen LogP contribution in [0.15, 0.2) is 53.5 Å². The smallest absolute Gasteiger partial charge is 0.341 e. The van der Waals surface area contributed by atoms with Gasteiger partial charge in [0.2, 0.25) is 0 Å². The molecule has 0 bridgehead atoms. The Morgan fingerprint density at radius 1 is 1.12 bits per heavy atom. The van der Waals surface area contributed by atoms with Crippen LogP contribution in [0.1, 0.15) is 30.6 Å². The number of carbonyl (C=O) groups is 1. The van der Waals surface area contributed by atoms with Crippen LogP contribution in [0.4, 0.5) is 0 Å². The Balaban J connectivity index is 0.000000613. The molecule has 0 atom stereocenters. The quantitative estimate of drug-likeness (QED) is 0.766. The average molecular weight is 351 g/mol. The summed E-state index contributed by atoms with van der Waals surface area (Å²) in [5.74, 6) is -1.20. The molecule has 6 heteroatoms. The van der Waals surface area contributed by atoms with Crippen molar-refractivity contribution in [3.05, 3.63) is 64.4 Å². The van der Waals surface area contributed by atoms with Crippen LogP contribution in [0.25, 0.3) is 22.6 Å². The number of carboxylic acid groups (broad SMARTS) is 1. The van der Waals surface area contributed by atoms with E-state index >= 15 is 0 Å². The van der Waals surface area contributed by atoms with Crippen molar-refractivity contribution < 1.29 is 9.90 Å². The summed E-state index contributed by atoms with van der Waals surface area (Å²) in [6, 6.07) is 13.1. The molecule has 134 valence electrons. The monoisotopic (exact) mass is 351 g/mol. The van der Waals surface area contributed by atoms with Gasteiger partial charge >= 0.3 is 5.97 Å². The number of fused-ring (bicyclic) bond motifs is 3. The topological polar surface area (TPSA) is 77.1 Å². The third-order valence-electron chi connectivity index (χ3n) is 4.02. The van der Waals surface area contributed by atoms with Crippen molar-refractivity contribution in [3.63, 3.8) is 0 Å². The van der Waals surface area contributed by atoms with Crippen LogP contribution in [0.3, 0.4) is 0 Å². The zero-order valence-electron chi connectivity index (χ0n) is 14.8. The van der Waals surface area contributed by atoms with E-state index in [-0.39, 0.29) is 5.56 Å². The van der Waals surface area contributed by atoms with Gasteiger partial charge in [0.15, 0.2) is 5.43 Å². The van der Waals surface area contributed by atoms with Crippen molar-refractivity contribution in [1.82, 2.24) is 14.3 Å². The van der Waals surface area contributed by atoms with Gasteiger partial charge in [-0.25, -0.2) is 4.79 Å². The molecule has 26 heavy (non-hydrogen) atoms. The van der Waals surface area contributed by atoms with Gasteiger partial charge in [0.25, 0.3) is 0 Å². The first kappa shape index (κ1) is 17.7. The SMILES string of the molecule is CCC.O=C(O)c1cn2c(cc1=O)-c1cc(-c3ccccc3)nn1CC2. The predicted octanol–water partition coefficient (Wildman–Crippen LogP) is 3.51. The van der Waals surface area contributed by atoms with E-state index in [1.54, 1.807) is 4.57 Å². The molecule has 0 saturated carbocycles. The fraction of sp³-hybridized carbons (Fsp3) is 0.250. The summed E-state index contributed by atoms with van der Waals surface area (Å²) in [5.41, 5.74) is 2.67. The van der Waals surface area contributed by atoms with Crippen molar-refractivity contribution >= 4 is 5.97 Å². The molecule has 0 saturated heterocycles. The van der Waals surface area contributed by atoms with E-state index in [1.165, 1.54) is 18.7 Å². The van der Waals surface area contributed by atoms with E-state index in [0.717, 1.165) is 17.0 Å². The van der Waals surface area contributed by atoms with E-state index in [2.05, 4.69) is 18.9 Å². The van der Waals surface area contributed by atoms with E-state index in [1.807, 2.05) is 41.1 Å². The second-order valence-corrected chi connectivity index (χ2v) is 6.15. The molecule has 4 rings (SSSR count). The molecule has 2 aromatic heterocycles. The van der Waals surface area contributed by atoms with Gasteiger partial charge in [-0.1, -0.05) is 50.6 Å². The molecule has 1 aromatic carbocycles. The number of hydrogen-bond acceptors (Lipinski definition) is 3. The second-order valence-electron chi connectivity index (χ2n) is 6.15. The highest BCUT2D eigenvalue weighted by molar-refractivity contribution is 5.87. The second kappa shape index (κ2) is 7.39. The minimum atomic E-state index is -1.20. The summed E-state index contributed by atoms with van der Waals surface area (Å²) in [5, 5.41) is 13.7. The maximum absolute atomic E-state index is 12.0. The van der Waals surface area contributed by atoms with Crippen LogP contribution in [-0.2, 0) is 13.1 Å². The molecule has 0 fully saturated rings. The van der Waals surface area contributed by atoms with E-state index in [9.17, 15) is 9.59 Å². The van der Waals surface area contributed by atoms with Crippen molar-refractivity contribution in [1.29, 1.82) is 0 Å². The van der Waals surface area contributed by atoms with Gasteiger partial charge in [0, 0.05) is 24.4 Å². The summed E-state index contributed by atoms with van der Waals surface area (Å²) in [6.45, 7) is 5.47. The Hall–Kier alpha value is -3.15. The fourth-order valence-electron chi connectivity index (χ4n) is 2.89. The van der Waals surface area contributed by atoms with Crippen LogP contribution in [0.2, 0.25) is 0 Å². The van der Waals surface area contributed by atoms with Gasteiger partial charge < -0.3 is 9.67 Å². The van der Waals surface area contributed by atoms with Crippen LogP contribution < -0.4 is 5.43 Å². The molecule has 1 aliphatic heterocycles. The van der Waals surface area contributed by atoms with Crippen molar-refractivity contribution in [2.45, 2.75) is 33.4 Å². The van der Waals surface area contributed by atoms with Gasteiger partial charge in [-0.2, -0.15) is 5.10 Å². The zero-order valence-corrected chi connectivity index (χ0v) is 14.8. The molecule has 1 N–H and O–H groups in total. The molecular weight excluding hydrogens is 330 g/mol. The normalized spacial score (nSPS) is 11.8. The van der Waals surface area contributed by atoms with E-state index in [0.29, 0.717) is 18.8 Å². The van der Waals surface area contributed by atoms with Gasteiger partial charge in [0.05, 0.1) is 23.6 Å². The average Bonchev–Trinajstić information content (AvgIpc) is 3.07. The number of nitrogens with zero attached hydrogens (tertiary/aromatic N) is 3. The Bertz CT molecular complexity index is 987. The maximum Gasteiger partial charge on any atom is 0.341 e. The lowest BCUT2D eigenvalue weighted by Crippen LogP contribution is -2.24. The Labute approximate surface area is 151 Å². The fourth-order valence-corrected chi connectivity index (χ4v) is 2.89. The maximum atomic E-state index is 12.0. The summed E-state index contributed by atoms with van der Waals surface area (Å²) < 4.78 is 3.66. The van der Waals surface area contributed by atoms with Gasteiger partial charge in [0.1, 0.15) is 5.56 Å². The Morgan fingerprint density at radius 3 is 2.46 bits per heavy atom. The molecule has 0 aliphatic carbocycles. The zero-order chi connectivity index (χ0) is 18.7. The predicted molar refractivity (Wildman–Crippen MR) is 100 cm³/mol. The van der Waals surface area contributed by atoms with Crippen molar-refractivity contribution in [2.24, 2.45) is 0 Å². The van der Waals surface area contributed by atoms with Gasteiger partial charge in [-0.3, -0.25) is 9.48 Å². The first-order valence-corrected chi connectivity index (χ1v) is 8.66. The van der Waals surface area contributed by atoms with Crippen LogP contribution >= 0.6 is 0 Å². The molecule has 6 nitrogen and oxygen atoms in total. The number of aromatic carboxylic acids is 1. The van der Waals surface area contributed by atoms with Gasteiger partial charge in [-0.05, 0) is 6.07 Å². The number of aryl methyl sites for hydroxylation is 2. The molecule has 0 amide bonds. The highest BCUT2D eigenvalue weighted by Crippen LogP contribution is 2.28. The third kappa shape index (κ3) is 3.31. The minimum absolute atomic E-state index is 0.204. The number of carboxylic acids is 1. The summed E-state index contributed by atoms with van der Waals surface area (Å²) in [7, 11) is 0. The molecular formula is C20H21N3O3. The minimum Gasteiger partial charge on any atom is -0.477 e. The highest BCUT2D eigenvalue weighted by Gasteiger charge is 2.21. The van der Waals surface area contributed by atoms with Crippen LogP contribution in [-0.4, -0.2) is 25.4 Å². The third-order valence-corrected chi connectivity index (χ3v) is 4.02. The number of hydrogen-bond donors (Lipinski definition) is 1. The molecule has 1 aliphatic rings. The van der Waals surface area contributed by atoms with Crippen molar-refractivity contribution in [3.8, 4) is 22.6 Å². The lowest BCUT2D eigenvalue weighted by molar-refractivity contribution is 0.0694. The van der Waals surface area contributed by atoms with Gasteiger partial charge in [-0.15, -0.1) is 0 Å². The molecule has 0 spiro atoms.